The van der Waals surface area contributed by atoms with Gasteiger partial charge in [0.1, 0.15) is 23.4 Å². The molecule has 1 aliphatic rings. The maximum atomic E-state index is 13.5. The number of cyclic esters (lactones) is 1. The van der Waals surface area contributed by atoms with E-state index in [0.29, 0.717) is 10.7 Å². The lowest BCUT2D eigenvalue weighted by molar-refractivity contribution is 0.141. The zero-order valence-corrected chi connectivity index (χ0v) is 15.2. The van der Waals surface area contributed by atoms with Crippen molar-refractivity contribution < 1.29 is 23.1 Å². The average molecular weight is 416 g/mol. The molecule has 10 heteroatoms. The number of hydrogen-bond acceptors (Lipinski definition) is 3. The van der Waals surface area contributed by atoms with Crippen LogP contribution in [0.5, 0.6) is 0 Å². The first-order chi connectivity index (χ1) is 12.8. The molecule has 27 heavy (non-hydrogen) atoms. The van der Waals surface area contributed by atoms with E-state index in [1.165, 1.54) is 17.0 Å². The van der Waals surface area contributed by atoms with Crippen molar-refractivity contribution in [2.45, 2.75) is 6.10 Å². The van der Waals surface area contributed by atoms with Crippen molar-refractivity contribution in [1.29, 1.82) is 0 Å². The molecule has 2 N–H and O–H groups in total. The lowest BCUT2D eigenvalue weighted by atomic mass is 10.2. The minimum absolute atomic E-state index is 0.0501. The minimum Gasteiger partial charge on any atom is -0.442 e. The SMILES string of the molecule is O=C(NCC1CN(c2ccc(Cl)c(Cl)c2)C(=O)O1)Nc1c(F)cccc1F. The zero-order chi connectivity index (χ0) is 19.6. The van der Waals surface area contributed by atoms with Crippen molar-refractivity contribution in [2.75, 3.05) is 23.3 Å². The molecule has 1 fully saturated rings. The second-order valence-electron chi connectivity index (χ2n) is 5.65. The summed E-state index contributed by atoms with van der Waals surface area (Å²) in [4.78, 5) is 25.2. The Morgan fingerprint density at radius 2 is 1.89 bits per heavy atom. The van der Waals surface area contributed by atoms with Gasteiger partial charge in [-0.3, -0.25) is 4.90 Å². The molecule has 0 aliphatic carbocycles. The molecule has 0 aromatic heterocycles. The van der Waals surface area contributed by atoms with Crippen molar-refractivity contribution >= 4 is 46.7 Å². The number of para-hydroxylation sites is 1. The van der Waals surface area contributed by atoms with Crippen LogP contribution < -0.4 is 15.5 Å². The van der Waals surface area contributed by atoms with Crippen LogP contribution in [0.25, 0.3) is 0 Å². The normalized spacial score (nSPS) is 16.2. The smallest absolute Gasteiger partial charge is 0.414 e. The van der Waals surface area contributed by atoms with E-state index in [2.05, 4.69) is 10.6 Å². The van der Waals surface area contributed by atoms with Gasteiger partial charge < -0.3 is 15.4 Å². The monoisotopic (exact) mass is 415 g/mol. The summed E-state index contributed by atoms with van der Waals surface area (Å²) in [6.45, 7) is 0.108. The standard InChI is InChI=1S/C17H13Cl2F2N3O3/c18-11-5-4-9(6-12(11)19)24-8-10(27-17(24)26)7-22-16(25)23-15-13(20)2-1-3-14(15)21/h1-6,10H,7-8H2,(H2,22,23,25). The topological polar surface area (TPSA) is 70.7 Å². The van der Waals surface area contributed by atoms with Gasteiger partial charge in [-0.1, -0.05) is 29.3 Å². The van der Waals surface area contributed by atoms with Crippen LogP contribution in [0.2, 0.25) is 10.0 Å². The van der Waals surface area contributed by atoms with Gasteiger partial charge in [-0.15, -0.1) is 0 Å². The zero-order valence-electron chi connectivity index (χ0n) is 13.6. The Hall–Kier alpha value is -2.58. The van der Waals surface area contributed by atoms with Gasteiger partial charge in [0, 0.05) is 5.69 Å². The molecule has 0 saturated carbocycles. The van der Waals surface area contributed by atoms with Gasteiger partial charge in [0.25, 0.3) is 0 Å². The summed E-state index contributed by atoms with van der Waals surface area (Å²) in [7, 11) is 0. The van der Waals surface area contributed by atoms with Crippen molar-refractivity contribution in [2.24, 2.45) is 0 Å². The highest BCUT2D eigenvalue weighted by molar-refractivity contribution is 6.42. The number of ether oxygens (including phenoxy) is 1. The molecule has 6 nitrogen and oxygen atoms in total. The maximum Gasteiger partial charge on any atom is 0.414 e. The number of benzene rings is 2. The molecular weight excluding hydrogens is 403 g/mol. The van der Waals surface area contributed by atoms with Gasteiger partial charge in [0.05, 0.1) is 23.1 Å². The number of rotatable bonds is 4. The third-order valence-electron chi connectivity index (χ3n) is 3.78. The van der Waals surface area contributed by atoms with Crippen molar-refractivity contribution in [3.05, 3.63) is 58.1 Å². The molecule has 3 rings (SSSR count). The molecule has 1 atom stereocenters. The second-order valence-corrected chi connectivity index (χ2v) is 6.46. The van der Waals surface area contributed by atoms with Gasteiger partial charge in [-0.05, 0) is 30.3 Å². The quantitative estimate of drug-likeness (QED) is 0.776. The molecule has 1 unspecified atom stereocenters. The Kier molecular flexibility index (Phi) is 5.67. The van der Waals surface area contributed by atoms with E-state index < -0.39 is 35.6 Å². The summed E-state index contributed by atoms with van der Waals surface area (Å²) in [5.41, 5.74) is -0.0642. The van der Waals surface area contributed by atoms with Gasteiger partial charge in [0.2, 0.25) is 0 Å². The van der Waals surface area contributed by atoms with Gasteiger partial charge in [0.15, 0.2) is 0 Å². The number of halogens is 4. The molecule has 3 amide bonds. The van der Waals surface area contributed by atoms with E-state index in [-0.39, 0.29) is 18.1 Å². The number of nitrogens with one attached hydrogen (secondary N) is 2. The molecule has 0 bridgehead atoms. The van der Waals surface area contributed by atoms with Crippen LogP contribution in [0.1, 0.15) is 0 Å². The fourth-order valence-electron chi connectivity index (χ4n) is 2.47. The second kappa shape index (κ2) is 7.98. The number of hydrogen-bond donors (Lipinski definition) is 2. The van der Waals surface area contributed by atoms with Gasteiger partial charge in [-0.25, -0.2) is 18.4 Å². The van der Waals surface area contributed by atoms with Gasteiger partial charge in [-0.2, -0.15) is 0 Å². The number of urea groups is 1. The summed E-state index contributed by atoms with van der Waals surface area (Å²) < 4.78 is 32.2. The molecule has 0 radical (unpaired) electrons. The Labute approximate surface area is 163 Å². The van der Waals surface area contributed by atoms with Crippen LogP contribution >= 0.6 is 23.2 Å². The number of nitrogens with zero attached hydrogens (tertiary/aromatic N) is 1. The Balaban J connectivity index is 1.57. The van der Waals surface area contributed by atoms with E-state index >= 15 is 0 Å². The molecule has 1 aliphatic heterocycles. The number of carbonyl (C=O) groups excluding carboxylic acids is 2. The van der Waals surface area contributed by atoms with E-state index in [9.17, 15) is 18.4 Å². The first-order valence-corrected chi connectivity index (χ1v) is 8.53. The molecule has 0 spiro atoms. The number of carbonyl (C=O) groups is 2. The third-order valence-corrected chi connectivity index (χ3v) is 4.52. The highest BCUT2D eigenvalue weighted by atomic mass is 35.5. The molecular formula is C17H13Cl2F2N3O3. The summed E-state index contributed by atoms with van der Waals surface area (Å²) in [5, 5.41) is 5.13. The molecule has 1 heterocycles. The van der Waals surface area contributed by atoms with Crippen LogP contribution in [0.15, 0.2) is 36.4 Å². The Morgan fingerprint density at radius 1 is 1.19 bits per heavy atom. The van der Waals surface area contributed by atoms with Crippen LogP contribution in [-0.4, -0.2) is 31.3 Å². The molecule has 2 aromatic rings. The molecule has 2 aromatic carbocycles. The van der Waals surface area contributed by atoms with E-state index in [0.717, 1.165) is 12.1 Å². The molecule has 142 valence electrons. The lowest BCUT2D eigenvalue weighted by Crippen LogP contribution is -2.37. The van der Waals surface area contributed by atoms with Crippen molar-refractivity contribution in [3.63, 3.8) is 0 Å². The average Bonchev–Trinajstić information content (AvgIpc) is 3.00. The van der Waals surface area contributed by atoms with Crippen molar-refractivity contribution in [1.82, 2.24) is 5.32 Å². The predicted octanol–water partition coefficient (Wildman–Crippen LogP) is 4.42. The largest absolute Gasteiger partial charge is 0.442 e. The van der Waals surface area contributed by atoms with Crippen LogP contribution in [0.3, 0.4) is 0 Å². The number of amides is 3. The lowest BCUT2D eigenvalue weighted by Gasteiger charge is -2.14. The fraction of sp³-hybridized carbons (Fsp3) is 0.176. The van der Waals surface area contributed by atoms with E-state index in [4.69, 9.17) is 27.9 Å². The maximum absolute atomic E-state index is 13.5. The highest BCUT2D eigenvalue weighted by Gasteiger charge is 2.32. The fourth-order valence-corrected chi connectivity index (χ4v) is 2.77. The predicted molar refractivity (Wildman–Crippen MR) is 97.5 cm³/mol. The highest BCUT2D eigenvalue weighted by Crippen LogP contribution is 2.29. The summed E-state index contributed by atoms with van der Waals surface area (Å²) >= 11 is 11.8. The Morgan fingerprint density at radius 3 is 2.56 bits per heavy atom. The minimum atomic E-state index is -0.900. The first kappa shape index (κ1) is 19.2. The third kappa shape index (κ3) is 4.40. The van der Waals surface area contributed by atoms with E-state index in [1.807, 2.05) is 0 Å². The molecule has 1 saturated heterocycles. The summed E-state index contributed by atoms with van der Waals surface area (Å²) in [6.07, 6.45) is -1.26. The summed E-state index contributed by atoms with van der Waals surface area (Å²) in [5.74, 6) is -1.80. The number of anilines is 2. The Bertz CT molecular complexity index is 877. The first-order valence-electron chi connectivity index (χ1n) is 7.77. The van der Waals surface area contributed by atoms with Crippen LogP contribution in [0, 0.1) is 11.6 Å². The summed E-state index contributed by atoms with van der Waals surface area (Å²) in [6, 6.07) is 7.08. The van der Waals surface area contributed by atoms with Gasteiger partial charge >= 0.3 is 12.1 Å². The van der Waals surface area contributed by atoms with Crippen LogP contribution in [-0.2, 0) is 4.74 Å². The van der Waals surface area contributed by atoms with E-state index in [1.54, 1.807) is 12.1 Å². The van der Waals surface area contributed by atoms with Crippen molar-refractivity contribution in [3.8, 4) is 0 Å². The van der Waals surface area contributed by atoms with Crippen LogP contribution in [0.4, 0.5) is 29.7 Å².